The van der Waals surface area contributed by atoms with Gasteiger partial charge in [-0.25, -0.2) is 9.67 Å². The van der Waals surface area contributed by atoms with E-state index >= 15 is 0 Å². The molecule has 0 bridgehead atoms. The summed E-state index contributed by atoms with van der Waals surface area (Å²) in [5, 5.41) is 7.65. The lowest BCUT2D eigenvalue weighted by atomic mass is 10.2. The van der Waals surface area contributed by atoms with Crippen LogP contribution >= 0.6 is 0 Å². The molecule has 1 N–H and O–H groups in total. The highest BCUT2D eigenvalue weighted by molar-refractivity contribution is 5.17. The maximum absolute atomic E-state index is 4.26. The highest BCUT2D eigenvalue weighted by atomic mass is 15.4. The third-order valence-corrected chi connectivity index (χ3v) is 2.58. The lowest BCUT2D eigenvalue weighted by Gasteiger charge is -2.22. The number of rotatable bonds is 0. The van der Waals surface area contributed by atoms with Crippen LogP contribution in [0.25, 0.3) is 0 Å². The normalized spacial score (nSPS) is 25.1. The molecule has 3 rings (SSSR count). The van der Waals surface area contributed by atoms with Crippen molar-refractivity contribution >= 4 is 0 Å². The van der Waals surface area contributed by atoms with Gasteiger partial charge in [-0.1, -0.05) is 0 Å². The lowest BCUT2D eigenvalue weighted by molar-refractivity contribution is 0.376. The largest absolute Gasteiger partial charge is 0.303 e. The van der Waals surface area contributed by atoms with E-state index in [0.717, 1.165) is 18.9 Å². The van der Waals surface area contributed by atoms with Crippen molar-refractivity contribution in [3.63, 3.8) is 0 Å². The molecule has 0 atom stereocenters. The van der Waals surface area contributed by atoms with Gasteiger partial charge in [0.2, 0.25) is 0 Å². The van der Waals surface area contributed by atoms with E-state index in [9.17, 15) is 0 Å². The molecule has 1 aliphatic carbocycles. The van der Waals surface area contributed by atoms with Gasteiger partial charge in [-0.2, -0.15) is 5.10 Å². The van der Waals surface area contributed by atoms with Crippen molar-refractivity contribution in [2.45, 2.75) is 24.9 Å². The summed E-state index contributed by atoms with van der Waals surface area (Å²) in [6.45, 7) is 2.01. The molecule has 1 spiro atoms. The molecule has 1 saturated carbocycles. The molecule has 0 aromatic carbocycles. The first-order valence-corrected chi connectivity index (χ1v) is 4.04. The summed E-state index contributed by atoms with van der Waals surface area (Å²) >= 11 is 0. The molecular formula is C7H10N4. The molecule has 0 saturated heterocycles. The van der Waals surface area contributed by atoms with Gasteiger partial charge in [-0.05, 0) is 12.8 Å². The molecule has 0 radical (unpaired) electrons. The van der Waals surface area contributed by atoms with Gasteiger partial charge < -0.3 is 5.32 Å². The van der Waals surface area contributed by atoms with E-state index in [1.165, 1.54) is 12.8 Å². The predicted molar refractivity (Wildman–Crippen MR) is 38.9 cm³/mol. The highest BCUT2D eigenvalue weighted by Gasteiger charge is 2.49. The average Bonchev–Trinajstić information content (AvgIpc) is 2.63. The molecular weight excluding hydrogens is 140 g/mol. The first-order chi connectivity index (χ1) is 5.41. The van der Waals surface area contributed by atoms with Crippen molar-refractivity contribution < 1.29 is 0 Å². The van der Waals surface area contributed by atoms with Gasteiger partial charge in [-0.15, -0.1) is 0 Å². The number of nitrogens with zero attached hydrogens (tertiary/aromatic N) is 3. The fourth-order valence-corrected chi connectivity index (χ4v) is 1.80. The minimum atomic E-state index is 0.231. The summed E-state index contributed by atoms with van der Waals surface area (Å²) in [5.74, 6) is 1.14. The van der Waals surface area contributed by atoms with E-state index in [0.29, 0.717) is 0 Å². The lowest BCUT2D eigenvalue weighted by Crippen LogP contribution is -2.40. The second-order valence-corrected chi connectivity index (χ2v) is 3.32. The van der Waals surface area contributed by atoms with Crippen molar-refractivity contribution in [2.75, 3.05) is 6.54 Å². The summed E-state index contributed by atoms with van der Waals surface area (Å²) in [7, 11) is 0. The third-order valence-electron chi connectivity index (χ3n) is 2.58. The quantitative estimate of drug-likeness (QED) is 0.560. The first-order valence-electron chi connectivity index (χ1n) is 4.04. The van der Waals surface area contributed by atoms with Crippen LogP contribution in [-0.2, 0) is 12.1 Å². The molecule has 1 aliphatic heterocycles. The molecule has 58 valence electrons. The second-order valence-electron chi connectivity index (χ2n) is 3.32. The zero-order valence-electron chi connectivity index (χ0n) is 6.25. The van der Waals surface area contributed by atoms with Gasteiger partial charge >= 0.3 is 0 Å². The van der Waals surface area contributed by atoms with Crippen molar-refractivity contribution in [3.8, 4) is 0 Å². The number of hydrogen-bond acceptors (Lipinski definition) is 3. The minimum Gasteiger partial charge on any atom is -0.303 e. The Morgan fingerprint density at radius 2 is 2.45 bits per heavy atom. The van der Waals surface area contributed by atoms with E-state index in [2.05, 4.69) is 15.4 Å². The summed E-state index contributed by atoms with van der Waals surface area (Å²) < 4.78 is 2.02. The molecule has 11 heavy (non-hydrogen) atoms. The van der Waals surface area contributed by atoms with Gasteiger partial charge in [0.05, 0.1) is 12.1 Å². The van der Waals surface area contributed by atoms with Gasteiger partial charge in [-0.3, -0.25) is 0 Å². The van der Waals surface area contributed by atoms with E-state index in [1.54, 1.807) is 6.33 Å². The smallest absolute Gasteiger partial charge is 0.147 e. The van der Waals surface area contributed by atoms with Crippen LogP contribution in [0.1, 0.15) is 18.7 Å². The van der Waals surface area contributed by atoms with Crippen LogP contribution in [0, 0.1) is 0 Å². The van der Waals surface area contributed by atoms with E-state index in [1.807, 2.05) is 4.68 Å². The Balaban J connectivity index is 2.16. The summed E-state index contributed by atoms with van der Waals surface area (Å²) in [5.41, 5.74) is 0.231. The van der Waals surface area contributed by atoms with Crippen LogP contribution < -0.4 is 5.32 Å². The van der Waals surface area contributed by atoms with Crippen LogP contribution in [0.5, 0.6) is 0 Å². The molecule has 0 unspecified atom stereocenters. The Labute approximate surface area is 64.6 Å². The van der Waals surface area contributed by atoms with Crippen LogP contribution in [0.4, 0.5) is 0 Å². The SMILES string of the molecule is c1nc2n(n1)CCNC21CC1. The van der Waals surface area contributed by atoms with Crippen LogP contribution in [0.2, 0.25) is 0 Å². The number of nitrogens with one attached hydrogen (secondary N) is 1. The molecule has 2 heterocycles. The van der Waals surface area contributed by atoms with Gasteiger partial charge in [0.25, 0.3) is 0 Å². The van der Waals surface area contributed by atoms with Crippen LogP contribution in [0.15, 0.2) is 6.33 Å². The average molecular weight is 150 g/mol. The second kappa shape index (κ2) is 1.64. The predicted octanol–water partition coefficient (Wildman–Crippen LogP) is -0.130. The molecule has 1 fully saturated rings. The topological polar surface area (TPSA) is 42.7 Å². The Morgan fingerprint density at radius 3 is 3.27 bits per heavy atom. The van der Waals surface area contributed by atoms with Crippen LogP contribution in [0.3, 0.4) is 0 Å². The monoisotopic (exact) mass is 150 g/mol. The Morgan fingerprint density at radius 1 is 1.55 bits per heavy atom. The van der Waals surface area contributed by atoms with Gasteiger partial charge in [0.15, 0.2) is 0 Å². The van der Waals surface area contributed by atoms with Gasteiger partial charge in [0, 0.05) is 6.54 Å². The molecule has 1 aromatic heterocycles. The molecule has 1 aromatic rings. The fraction of sp³-hybridized carbons (Fsp3) is 0.714. The first kappa shape index (κ1) is 5.71. The molecule has 0 amide bonds. The minimum absolute atomic E-state index is 0.231. The Kier molecular flexibility index (Phi) is 0.850. The van der Waals surface area contributed by atoms with E-state index < -0.39 is 0 Å². The third kappa shape index (κ3) is 0.625. The standard InChI is InChI=1S/C7H10N4/c1-2-7(1)6-8-5-10-11(6)4-3-9-7/h5,9H,1-4H2. The van der Waals surface area contributed by atoms with E-state index in [-0.39, 0.29) is 5.54 Å². The Hall–Kier alpha value is -0.900. The van der Waals surface area contributed by atoms with E-state index in [4.69, 9.17) is 0 Å². The highest BCUT2D eigenvalue weighted by Crippen LogP contribution is 2.45. The van der Waals surface area contributed by atoms with Crippen molar-refractivity contribution in [1.82, 2.24) is 20.1 Å². The summed E-state index contributed by atoms with van der Waals surface area (Å²) in [4.78, 5) is 4.26. The zero-order valence-corrected chi connectivity index (χ0v) is 6.25. The number of hydrogen-bond donors (Lipinski definition) is 1. The number of aromatic nitrogens is 3. The maximum Gasteiger partial charge on any atom is 0.147 e. The zero-order chi connectivity index (χ0) is 7.31. The Bertz CT molecular complexity index is 286. The number of fused-ring (bicyclic) bond motifs is 2. The summed E-state index contributed by atoms with van der Waals surface area (Å²) in [6, 6.07) is 0. The fourth-order valence-electron chi connectivity index (χ4n) is 1.80. The maximum atomic E-state index is 4.26. The molecule has 4 nitrogen and oxygen atoms in total. The molecule has 2 aliphatic rings. The molecule has 4 heteroatoms. The van der Waals surface area contributed by atoms with Crippen molar-refractivity contribution in [2.24, 2.45) is 0 Å². The van der Waals surface area contributed by atoms with Crippen molar-refractivity contribution in [3.05, 3.63) is 12.2 Å². The summed E-state index contributed by atoms with van der Waals surface area (Å²) in [6.07, 6.45) is 4.11. The van der Waals surface area contributed by atoms with Crippen molar-refractivity contribution in [1.29, 1.82) is 0 Å². The van der Waals surface area contributed by atoms with Crippen LogP contribution in [-0.4, -0.2) is 21.3 Å². The van der Waals surface area contributed by atoms with Gasteiger partial charge in [0.1, 0.15) is 12.2 Å².